The second-order valence-corrected chi connectivity index (χ2v) is 7.59. The SMILES string of the molecule is Cc1cc(=O)[nH]c(SCC(=O)N2CCCCC2CN2CCOCC2)n1. The minimum atomic E-state index is -0.175. The number of hydrogen-bond donors (Lipinski definition) is 1. The maximum Gasteiger partial charge on any atom is 0.251 e. The summed E-state index contributed by atoms with van der Waals surface area (Å²) in [6, 6.07) is 1.74. The van der Waals surface area contributed by atoms with Crippen LogP contribution in [-0.2, 0) is 9.53 Å². The van der Waals surface area contributed by atoms with Gasteiger partial charge in [0.05, 0.1) is 19.0 Å². The molecule has 2 fully saturated rings. The number of ether oxygens (including phenoxy) is 1. The highest BCUT2D eigenvalue weighted by Gasteiger charge is 2.28. The molecule has 1 amide bonds. The number of aromatic nitrogens is 2. The van der Waals surface area contributed by atoms with Crippen LogP contribution in [0.15, 0.2) is 16.0 Å². The summed E-state index contributed by atoms with van der Waals surface area (Å²) >= 11 is 1.31. The van der Waals surface area contributed by atoms with E-state index in [-0.39, 0.29) is 17.5 Å². The zero-order valence-corrected chi connectivity index (χ0v) is 15.5. The Balaban J connectivity index is 1.57. The molecule has 1 N–H and O–H groups in total. The molecule has 0 spiro atoms. The van der Waals surface area contributed by atoms with Gasteiger partial charge in [0.15, 0.2) is 5.16 Å². The number of H-pyrrole nitrogens is 1. The molecule has 3 rings (SSSR count). The maximum absolute atomic E-state index is 12.7. The van der Waals surface area contributed by atoms with Crippen molar-refractivity contribution >= 4 is 17.7 Å². The van der Waals surface area contributed by atoms with Crippen LogP contribution in [0, 0.1) is 6.92 Å². The predicted molar refractivity (Wildman–Crippen MR) is 96.9 cm³/mol. The van der Waals surface area contributed by atoms with Gasteiger partial charge >= 0.3 is 0 Å². The lowest BCUT2D eigenvalue weighted by Gasteiger charge is -2.39. The van der Waals surface area contributed by atoms with Gasteiger partial charge in [0, 0.05) is 44.0 Å². The quantitative estimate of drug-likeness (QED) is 0.616. The molecule has 2 saturated heterocycles. The molecule has 0 aromatic carbocycles. The third-order valence-electron chi connectivity index (χ3n) is 4.70. The van der Waals surface area contributed by atoms with Crippen LogP contribution in [0.4, 0.5) is 0 Å². The zero-order valence-electron chi connectivity index (χ0n) is 14.7. The smallest absolute Gasteiger partial charge is 0.251 e. The van der Waals surface area contributed by atoms with E-state index in [1.165, 1.54) is 24.2 Å². The fraction of sp³-hybridized carbons (Fsp3) is 0.706. The second kappa shape index (κ2) is 8.82. The molecule has 7 nitrogen and oxygen atoms in total. The second-order valence-electron chi connectivity index (χ2n) is 6.63. The molecule has 1 unspecified atom stereocenters. The van der Waals surface area contributed by atoms with E-state index in [1.807, 2.05) is 4.90 Å². The number of rotatable bonds is 5. The molecule has 25 heavy (non-hydrogen) atoms. The number of nitrogens with one attached hydrogen (secondary N) is 1. The lowest BCUT2D eigenvalue weighted by atomic mass is 10.0. The van der Waals surface area contributed by atoms with E-state index in [0.29, 0.717) is 16.6 Å². The Morgan fingerprint density at radius 1 is 1.36 bits per heavy atom. The highest BCUT2D eigenvalue weighted by molar-refractivity contribution is 7.99. The van der Waals surface area contributed by atoms with Crippen molar-refractivity contribution in [1.29, 1.82) is 0 Å². The number of thioether (sulfide) groups is 1. The minimum Gasteiger partial charge on any atom is -0.379 e. The highest BCUT2D eigenvalue weighted by atomic mass is 32.2. The summed E-state index contributed by atoms with van der Waals surface area (Å²) < 4.78 is 5.41. The van der Waals surface area contributed by atoms with Gasteiger partial charge in [0.2, 0.25) is 5.91 Å². The van der Waals surface area contributed by atoms with Crippen LogP contribution in [0.1, 0.15) is 25.0 Å². The molecule has 0 saturated carbocycles. The van der Waals surface area contributed by atoms with Crippen LogP contribution < -0.4 is 5.56 Å². The number of amides is 1. The standard InChI is InChI=1S/C17H26N4O3S/c1-13-10-15(22)19-17(18-13)25-12-16(23)21-5-3-2-4-14(21)11-20-6-8-24-9-7-20/h10,14H,2-9,11-12H2,1H3,(H,18,19,22). The summed E-state index contributed by atoms with van der Waals surface area (Å²) in [4.78, 5) is 35.6. The topological polar surface area (TPSA) is 78.5 Å². The van der Waals surface area contributed by atoms with Crippen LogP contribution in [0.5, 0.6) is 0 Å². The molecule has 3 heterocycles. The van der Waals surface area contributed by atoms with Gasteiger partial charge in [-0.3, -0.25) is 14.5 Å². The summed E-state index contributed by atoms with van der Waals surface area (Å²) in [7, 11) is 0. The van der Waals surface area contributed by atoms with E-state index >= 15 is 0 Å². The van der Waals surface area contributed by atoms with Gasteiger partial charge in [0.25, 0.3) is 5.56 Å². The molecule has 0 bridgehead atoms. The third kappa shape index (κ3) is 5.29. The van der Waals surface area contributed by atoms with Crippen LogP contribution in [0.3, 0.4) is 0 Å². The van der Waals surface area contributed by atoms with Crippen molar-refractivity contribution < 1.29 is 9.53 Å². The molecule has 8 heteroatoms. The summed E-state index contributed by atoms with van der Waals surface area (Å²) in [5.41, 5.74) is 0.493. The number of piperidine rings is 1. The van der Waals surface area contributed by atoms with Gasteiger partial charge in [-0.25, -0.2) is 4.98 Å². The average Bonchev–Trinajstić information content (AvgIpc) is 2.60. The Bertz CT molecular complexity index is 645. The van der Waals surface area contributed by atoms with Crippen molar-refractivity contribution in [3.63, 3.8) is 0 Å². The van der Waals surface area contributed by atoms with Crippen molar-refractivity contribution in [2.75, 3.05) is 45.1 Å². The normalized spacial score (nSPS) is 22.1. The van der Waals surface area contributed by atoms with E-state index < -0.39 is 0 Å². The molecule has 0 aliphatic carbocycles. The number of aryl methyl sites for hydroxylation is 1. The number of likely N-dealkylation sites (tertiary alicyclic amines) is 1. The van der Waals surface area contributed by atoms with Gasteiger partial charge in [-0.15, -0.1) is 0 Å². The van der Waals surface area contributed by atoms with E-state index in [9.17, 15) is 9.59 Å². The van der Waals surface area contributed by atoms with Crippen molar-refractivity contribution in [3.8, 4) is 0 Å². The Morgan fingerprint density at radius 3 is 2.92 bits per heavy atom. The fourth-order valence-electron chi connectivity index (χ4n) is 3.43. The van der Waals surface area contributed by atoms with Crippen molar-refractivity contribution in [1.82, 2.24) is 19.8 Å². The first kappa shape index (κ1) is 18.4. The van der Waals surface area contributed by atoms with Gasteiger partial charge < -0.3 is 14.6 Å². The molecule has 0 radical (unpaired) electrons. The minimum absolute atomic E-state index is 0.132. The van der Waals surface area contributed by atoms with Gasteiger partial charge in [-0.1, -0.05) is 11.8 Å². The van der Waals surface area contributed by atoms with Crippen LogP contribution in [0.25, 0.3) is 0 Å². The molecular formula is C17H26N4O3S. The number of hydrogen-bond acceptors (Lipinski definition) is 6. The fourth-order valence-corrected chi connectivity index (χ4v) is 4.24. The molecule has 138 valence electrons. The molecule has 2 aliphatic heterocycles. The van der Waals surface area contributed by atoms with Gasteiger partial charge in [0.1, 0.15) is 0 Å². The lowest BCUT2D eigenvalue weighted by Crippen LogP contribution is -2.51. The first-order valence-corrected chi connectivity index (χ1v) is 9.91. The summed E-state index contributed by atoms with van der Waals surface area (Å²) in [6.45, 7) is 6.99. The van der Waals surface area contributed by atoms with E-state index in [1.54, 1.807) is 6.92 Å². The highest BCUT2D eigenvalue weighted by Crippen LogP contribution is 2.21. The molecule has 1 atom stereocenters. The number of morpholine rings is 1. The largest absolute Gasteiger partial charge is 0.379 e. The van der Waals surface area contributed by atoms with E-state index in [2.05, 4.69) is 14.9 Å². The van der Waals surface area contributed by atoms with Gasteiger partial charge in [-0.2, -0.15) is 0 Å². The predicted octanol–water partition coefficient (Wildman–Crippen LogP) is 0.884. The van der Waals surface area contributed by atoms with Crippen molar-refractivity contribution in [3.05, 3.63) is 22.1 Å². The summed E-state index contributed by atoms with van der Waals surface area (Å²) in [5, 5.41) is 0.514. The third-order valence-corrected chi connectivity index (χ3v) is 5.56. The summed E-state index contributed by atoms with van der Waals surface area (Å²) in [5.74, 6) is 0.443. The molecule has 2 aliphatic rings. The summed E-state index contributed by atoms with van der Waals surface area (Å²) in [6.07, 6.45) is 3.31. The monoisotopic (exact) mass is 366 g/mol. The zero-order chi connectivity index (χ0) is 17.6. The Kier molecular flexibility index (Phi) is 6.50. The molecular weight excluding hydrogens is 340 g/mol. The number of aromatic amines is 1. The van der Waals surface area contributed by atoms with Crippen LogP contribution in [0.2, 0.25) is 0 Å². The molecule has 1 aromatic rings. The molecule has 1 aromatic heterocycles. The maximum atomic E-state index is 12.7. The average molecular weight is 366 g/mol. The number of carbonyl (C=O) groups excluding carboxylic acids is 1. The Labute approximate surface area is 152 Å². The Morgan fingerprint density at radius 2 is 2.16 bits per heavy atom. The number of carbonyl (C=O) groups is 1. The Hall–Kier alpha value is -1.38. The first-order chi connectivity index (χ1) is 12.1. The van der Waals surface area contributed by atoms with Crippen LogP contribution in [-0.4, -0.2) is 76.9 Å². The first-order valence-electron chi connectivity index (χ1n) is 8.92. The van der Waals surface area contributed by atoms with E-state index in [0.717, 1.165) is 52.2 Å². The van der Waals surface area contributed by atoms with Crippen molar-refractivity contribution in [2.24, 2.45) is 0 Å². The van der Waals surface area contributed by atoms with Crippen molar-refractivity contribution in [2.45, 2.75) is 37.4 Å². The van der Waals surface area contributed by atoms with Gasteiger partial charge in [-0.05, 0) is 26.2 Å². The number of nitrogens with zero attached hydrogens (tertiary/aromatic N) is 3. The lowest BCUT2D eigenvalue weighted by molar-refractivity contribution is -0.132. The van der Waals surface area contributed by atoms with Crippen LogP contribution >= 0.6 is 11.8 Å². The van der Waals surface area contributed by atoms with E-state index in [4.69, 9.17) is 4.74 Å².